The van der Waals surface area contributed by atoms with E-state index in [0.717, 1.165) is 48.5 Å². The van der Waals surface area contributed by atoms with Gasteiger partial charge in [-0.15, -0.1) is 0 Å². The Labute approximate surface area is 654 Å². The van der Waals surface area contributed by atoms with Gasteiger partial charge in [0.15, 0.2) is 16.5 Å². The van der Waals surface area contributed by atoms with E-state index in [1.165, 1.54) is 74.1 Å². The summed E-state index contributed by atoms with van der Waals surface area (Å²) in [7, 11) is 0. The monoisotopic (exact) mass is 1700 g/mol. The molecule has 7 heterocycles. The fraction of sp³-hybridized carbons (Fsp3) is 0.149. The molecule has 616 valence electrons. The molecule has 0 saturated carbocycles. The summed E-state index contributed by atoms with van der Waals surface area (Å²) in [5, 5.41) is 83.9. The second-order valence-corrected chi connectivity index (χ2v) is 23.2. The lowest BCUT2D eigenvalue weighted by Gasteiger charge is -2.11. The first-order chi connectivity index (χ1) is 55.8. The number of nitrogen functional groups attached to an aromatic ring is 2. The minimum atomic E-state index is -4.85. The first-order valence-electron chi connectivity index (χ1n) is 31.7. The van der Waals surface area contributed by atoms with Gasteiger partial charge in [-0.1, -0.05) is 46.2 Å². The van der Waals surface area contributed by atoms with E-state index in [1.807, 2.05) is 0 Å². The van der Waals surface area contributed by atoms with Crippen molar-refractivity contribution < 1.29 is 99.7 Å². The molecule has 0 saturated heterocycles. The van der Waals surface area contributed by atoms with Gasteiger partial charge in [0.2, 0.25) is 11.6 Å². The lowest BCUT2D eigenvalue weighted by atomic mass is 10.0. The molecule has 0 spiro atoms. The molecule has 52 heteroatoms. The number of aliphatic hydroxyl groups is 1. The fourth-order valence-electron chi connectivity index (χ4n) is 9.79. The van der Waals surface area contributed by atoms with Crippen LogP contribution in [0.25, 0.3) is 23.0 Å². The summed E-state index contributed by atoms with van der Waals surface area (Å²) >= 11 is 5.43. The molecule has 12 aromatic rings. The van der Waals surface area contributed by atoms with E-state index in [1.54, 1.807) is 12.1 Å². The maximum Gasteiger partial charge on any atom is 0.439 e. The van der Waals surface area contributed by atoms with Gasteiger partial charge in [0.05, 0.1) is 60.4 Å². The van der Waals surface area contributed by atoms with Crippen LogP contribution in [0.3, 0.4) is 0 Å². The molecule has 0 fully saturated rings. The van der Waals surface area contributed by atoms with Crippen molar-refractivity contribution in [1.82, 2.24) is 70.1 Å². The van der Waals surface area contributed by atoms with Crippen LogP contribution < -0.4 is 23.0 Å². The Bertz CT molecular complexity index is 5930. The minimum Gasteiger partial charge on any atom is -0.399 e. The number of aliphatic hydroxyl groups excluding tert-OH is 1. The fourth-order valence-corrected chi connectivity index (χ4v) is 9.93. The van der Waals surface area contributed by atoms with Crippen LogP contribution in [0.15, 0.2) is 172 Å². The topological polar surface area (TPSA) is 563 Å². The number of halogens is 16. The van der Waals surface area contributed by atoms with Gasteiger partial charge in [0, 0.05) is 123 Å². The van der Waals surface area contributed by atoms with E-state index in [-0.39, 0.29) is 122 Å². The first-order valence-corrected chi connectivity index (χ1v) is 32.1. The summed E-state index contributed by atoms with van der Waals surface area (Å²) in [6, 6.07) is 17.0. The first kappa shape index (κ1) is 90.6. The molecule has 0 aliphatic rings. The van der Waals surface area contributed by atoms with E-state index >= 15 is 0 Å². The van der Waals surface area contributed by atoms with Gasteiger partial charge >= 0.3 is 42.4 Å². The van der Waals surface area contributed by atoms with Crippen LogP contribution >= 0.6 is 11.6 Å². The Morgan fingerprint density at radius 1 is 0.437 bits per heavy atom. The van der Waals surface area contributed by atoms with Crippen molar-refractivity contribution >= 4 is 51.4 Å². The van der Waals surface area contributed by atoms with E-state index in [4.69, 9.17) is 44.1 Å². The van der Waals surface area contributed by atoms with Crippen molar-refractivity contribution in [3.05, 3.63) is 310 Å². The molecular weight excluding hydrogens is 1660 g/mol. The van der Waals surface area contributed by atoms with Crippen LogP contribution in [-0.2, 0) is 56.6 Å². The highest BCUT2D eigenvalue weighted by Gasteiger charge is 2.42. The molecule has 12 rings (SSSR count). The third-order valence-electron chi connectivity index (χ3n) is 14.9. The van der Waals surface area contributed by atoms with Crippen molar-refractivity contribution in [3.8, 4) is 35.2 Å². The number of anilines is 2. The van der Waals surface area contributed by atoms with Crippen molar-refractivity contribution in [2.75, 3.05) is 18.1 Å². The molecule has 5 aromatic carbocycles. The Kier molecular flexibility index (Phi) is 29.7. The molecule has 119 heavy (non-hydrogen) atoms. The average molecular weight is 1700 g/mol. The third kappa shape index (κ3) is 25.2. The van der Waals surface area contributed by atoms with Crippen LogP contribution in [0.4, 0.5) is 100.0 Å². The van der Waals surface area contributed by atoms with E-state index in [0.29, 0.717) is 41.6 Å². The second kappa shape index (κ2) is 39.0. The molecule has 0 bridgehead atoms. The van der Waals surface area contributed by atoms with Gasteiger partial charge in [0.1, 0.15) is 51.5 Å². The number of nitro groups is 4. The van der Waals surface area contributed by atoms with Crippen molar-refractivity contribution in [2.45, 2.75) is 56.6 Å². The Hall–Kier alpha value is -15.6. The Balaban J connectivity index is 0.000000202. The number of H-pyrrole nitrogens is 2. The molecule has 0 unspecified atom stereocenters. The number of hydrogen-bond acceptors (Lipinski definition) is 30. The number of benzene rings is 5. The van der Waals surface area contributed by atoms with E-state index in [9.17, 15) is 116 Å². The zero-order chi connectivity index (χ0) is 88.1. The smallest absolute Gasteiger partial charge is 0.399 e. The van der Waals surface area contributed by atoms with Crippen LogP contribution in [-0.4, -0.2) is 107 Å². The maximum atomic E-state index is 12.9. The number of rotatable bonds is 16. The van der Waals surface area contributed by atoms with Gasteiger partial charge in [0.25, 0.3) is 22.7 Å². The highest BCUT2D eigenvalue weighted by Crippen LogP contribution is 2.41. The number of nitriles is 2. The molecule has 8 N–H and O–H groups in total. The number of nitrogens with one attached hydrogen (secondary N) is 3. The molecule has 0 amide bonds. The molecule has 0 aliphatic carbocycles. The predicted molar refractivity (Wildman–Crippen MR) is 375 cm³/mol. The quantitative estimate of drug-likeness (QED) is 0.0172. The number of nitrogens with two attached hydrogens (primary N) is 2. The Morgan fingerprint density at radius 2 is 0.748 bits per heavy atom. The number of aromatic amines is 2. The van der Waals surface area contributed by atoms with Gasteiger partial charge in [-0.25, -0.2) is 34.5 Å². The summed E-state index contributed by atoms with van der Waals surface area (Å²) in [5.74, 6) is -1.50. The van der Waals surface area contributed by atoms with Crippen LogP contribution in [0, 0.1) is 68.5 Å². The number of aromatic nitrogens is 14. The SMILES string of the molecule is N#Cc1nccnc1Cc1ccc(C(F)(F)F)c([N+](=O)[O-])c1.N#Cc1nccnc1Cl.N=C(CO)c1nccnc1Cc1ccc(C(F)(F)F)c([N+](=O)[O-])c1.Nc1cc(Cc2nccnc2-c2noc(=O)[nH]2)ccc1C(F)(F)F.Nc1ccc(C(F)(F)F)c([N+](=O)[O-])c1.O=c1[nH]c(-c2nccnc2Cc2ccc(C(F)(F)F)c([N+](=O)[O-])c2)no1. The predicted octanol–water partition coefficient (Wildman–Crippen LogP) is 12.8. The standard InChI is InChI=1S/C14H8F3N5O4.C14H10F3N5O2.C14H11F3N4O3.C13H7F3N4O2.C7H5F3N2O2.C5H2ClN3/c15-14(16,17)8-2-1-7(6-10(8)22(24)25)5-9-11(19-4-3-18-9)12-20-13(23)26-21-12;15-14(16,17)8-2-1-7(5-9(8)18)6-10-11(20-4-3-19-10)12-21-13(23)24-22-12;15-14(16,17)9-2-1-8(6-12(9)21(23)24)5-11-13(10(18)7-22)20-4-3-19-11;14-13(15,16)9-2-1-8(6-12(9)20(21)22)5-10-11(7-17)19-4-3-18-10;8-7(9,10)5-2-1-4(11)3-6(5)12(13)14;6-5-4(3-7)8-1-2-9-5/h1-4,6H,5H2,(H,20,21,23);1-5H,6,18H2,(H,21,22,23);1-4,6,18,22H,5,7H2;1-4,6H,5H2;1-3H,11H2;1-2H. The molecule has 0 aliphatic heterocycles. The van der Waals surface area contributed by atoms with Crippen molar-refractivity contribution in [3.63, 3.8) is 0 Å². The van der Waals surface area contributed by atoms with Crippen LogP contribution in [0.2, 0.25) is 5.15 Å². The summed E-state index contributed by atoms with van der Waals surface area (Å²) < 4.78 is 199. The summed E-state index contributed by atoms with van der Waals surface area (Å²) in [6.07, 6.45) is -10.2. The van der Waals surface area contributed by atoms with Gasteiger partial charge in [-0.2, -0.15) is 76.4 Å². The third-order valence-corrected chi connectivity index (χ3v) is 15.1. The summed E-state index contributed by atoms with van der Waals surface area (Å²) in [5.41, 5.74) is 2.53. The highest BCUT2D eigenvalue weighted by molar-refractivity contribution is 6.30. The molecule has 7 aromatic heterocycles. The zero-order valence-corrected chi connectivity index (χ0v) is 59.3. The number of nitrogens with zero attached hydrogens (tertiary/aromatic N) is 18. The molecular formula is C67H43ClF15N23O13. The van der Waals surface area contributed by atoms with Crippen LogP contribution in [0.5, 0.6) is 0 Å². The summed E-state index contributed by atoms with van der Waals surface area (Å²) in [6.45, 7) is -0.584. The lowest BCUT2D eigenvalue weighted by molar-refractivity contribution is -0.388. The second-order valence-electron chi connectivity index (χ2n) is 22.8. The normalized spacial score (nSPS) is 11.2. The number of hydrogen-bond donors (Lipinski definition) is 6. The zero-order valence-electron chi connectivity index (χ0n) is 58.6. The van der Waals surface area contributed by atoms with E-state index < -0.39 is 119 Å². The largest absolute Gasteiger partial charge is 0.439 e. The van der Waals surface area contributed by atoms with Crippen molar-refractivity contribution in [2.24, 2.45) is 0 Å². The maximum absolute atomic E-state index is 12.9. The number of nitro benzene ring substituents is 4. The van der Waals surface area contributed by atoms with Gasteiger partial charge in [-0.3, -0.25) is 84.4 Å². The summed E-state index contributed by atoms with van der Waals surface area (Å²) in [4.78, 5) is 104. The van der Waals surface area contributed by atoms with Gasteiger partial charge in [-0.05, 0) is 64.7 Å². The molecule has 36 nitrogen and oxygen atoms in total. The van der Waals surface area contributed by atoms with Crippen LogP contribution in [0.1, 0.15) is 89.9 Å². The molecule has 0 radical (unpaired) electrons. The van der Waals surface area contributed by atoms with Gasteiger partial charge < -0.3 is 22.0 Å². The Morgan fingerprint density at radius 3 is 1.09 bits per heavy atom. The average Bonchev–Trinajstić information content (AvgIpc) is 1.02. The van der Waals surface area contributed by atoms with Crippen molar-refractivity contribution in [1.29, 1.82) is 15.9 Å². The highest BCUT2D eigenvalue weighted by atomic mass is 35.5. The minimum absolute atomic E-state index is 0.0143. The molecule has 0 atom stereocenters. The van der Waals surface area contributed by atoms with E-state index in [2.05, 4.69) is 79.2 Å². The number of alkyl halides is 15. The lowest BCUT2D eigenvalue weighted by Crippen LogP contribution is -2.13.